The van der Waals surface area contributed by atoms with Crippen molar-refractivity contribution in [1.29, 1.82) is 5.41 Å². The van der Waals surface area contributed by atoms with Crippen LogP contribution >= 0.6 is 0 Å². The fourth-order valence-corrected chi connectivity index (χ4v) is 1.25. The van der Waals surface area contributed by atoms with Gasteiger partial charge in [0.2, 0.25) is 0 Å². The highest BCUT2D eigenvalue weighted by molar-refractivity contribution is 6.92. The standard InChI is InChI=1S/C9H18BN3O2/c1-8(2)9(3,4)15-10(14-8)7(6-11)13-12-5/h6,11-12H,1-5H3/b11-6?,13-7+. The monoisotopic (exact) mass is 211 g/mol. The molecule has 15 heavy (non-hydrogen) atoms. The maximum Gasteiger partial charge on any atom is 0.517 e. The fraction of sp³-hybridized carbons (Fsp3) is 0.778. The van der Waals surface area contributed by atoms with E-state index in [-0.39, 0.29) is 0 Å². The van der Waals surface area contributed by atoms with Crippen LogP contribution in [-0.2, 0) is 9.31 Å². The molecule has 5 nitrogen and oxygen atoms in total. The average Bonchev–Trinajstić information content (AvgIpc) is 2.32. The van der Waals surface area contributed by atoms with Gasteiger partial charge in [-0.2, -0.15) is 5.10 Å². The van der Waals surface area contributed by atoms with Crippen molar-refractivity contribution in [2.45, 2.75) is 38.9 Å². The lowest BCUT2D eigenvalue weighted by Crippen LogP contribution is -2.41. The Hall–Kier alpha value is -0.875. The highest BCUT2D eigenvalue weighted by Crippen LogP contribution is 2.36. The maximum atomic E-state index is 7.23. The molecular formula is C9H18BN3O2. The molecule has 0 saturated carbocycles. The van der Waals surface area contributed by atoms with Gasteiger partial charge in [0, 0.05) is 13.3 Å². The summed E-state index contributed by atoms with van der Waals surface area (Å²) < 4.78 is 11.5. The molecule has 0 spiro atoms. The summed E-state index contributed by atoms with van der Waals surface area (Å²) >= 11 is 0. The zero-order valence-corrected chi connectivity index (χ0v) is 9.92. The van der Waals surface area contributed by atoms with Crippen LogP contribution in [0.1, 0.15) is 27.7 Å². The van der Waals surface area contributed by atoms with Gasteiger partial charge in [0.1, 0.15) is 5.61 Å². The lowest BCUT2D eigenvalue weighted by atomic mass is 9.83. The van der Waals surface area contributed by atoms with E-state index in [1.165, 1.54) is 0 Å². The minimum atomic E-state index is -0.569. The summed E-state index contributed by atoms with van der Waals surface area (Å²) in [4.78, 5) is 0. The molecule has 0 unspecified atom stereocenters. The first-order valence-corrected chi connectivity index (χ1v) is 4.94. The Bertz CT molecular complexity index is 273. The highest BCUT2D eigenvalue weighted by Gasteiger charge is 2.52. The molecule has 0 radical (unpaired) electrons. The van der Waals surface area contributed by atoms with Crippen molar-refractivity contribution in [3.8, 4) is 0 Å². The molecule has 1 aliphatic rings. The van der Waals surface area contributed by atoms with Gasteiger partial charge >= 0.3 is 7.12 Å². The van der Waals surface area contributed by atoms with E-state index in [0.29, 0.717) is 5.61 Å². The molecule has 0 aromatic carbocycles. The Balaban J connectivity index is 2.86. The largest absolute Gasteiger partial charge is 0.517 e. The van der Waals surface area contributed by atoms with E-state index in [2.05, 4.69) is 10.5 Å². The van der Waals surface area contributed by atoms with E-state index >= 15 is 0 Å². The predicted octanol–water partition coefficient (Wildman–Crippen LogP) is 0.843. The van der Waals surface area contributed by atoms with Gasteiger partial charge in [-0.25, -0.2) is 0 Å². The van der Waals surface area contributed by atoms with Crippen LogP contribution < -0.4 is 5.43 Å². The first-order valence-electron chi connectivity index (χ1n) is 4.94. The number of nitrogens with one attached hydrogen (secondary N) is 2. The zero-order valence-electron chi connectivity index (χ0n) is 9.92. The molecule has 84 valence electrons. The molecule has 0 atom stereocenters. The molecule has 1 rings (SSSR count). The smallest absolute Gasteiger partial charge is 0.398 e. The van der Waals surface area contributed by atoms with Crippen LogP contribution in [0.15, 0.2) is 5.10 Å². The number of nitrogens with zero attached hydrogens (tertiary/aromatic N) is 1. The van der Waals surface area contributed by atoms with E-state index in [0.717, 1.165) is 6.21 Å². The molecular weight excluding hydrogens is 193 g/mol. The normalized spacial score (nSPS) is 24.1. The summed E-state index contributed by atoms with van der Waals surface area (Å²) in [6.45, 7) is 7.86. The van der Waals surface area contributed by atoms with Gasteiger partial charge in [0.15, 0.2) is 0 Å². The summed E-state index contributed by atoms with van der Waals surface area (Å²) in [5.74, 6) is 0. The van der Waals surface area contributed by atoms with Gasteiger partial charge in [-0.05, 0) is 27.7 Å². The molecule has 1 saturated heterocycles. The van der Waals surface area contributed by atoms with Crippen molar-refractivity contribution in [2.75, 3.05) is 7.05 Å². The van der Waals surface area contributed by atoms with E-state index in [1.54, 1.807) is 7.05 Å². The lowest BCUT2D eigenvalue weighted by Gasteiger charge is -2.32. The molecule has 2 N–H and O–H groups in total. The van der Waals surface area contributed by atoms with Crippen LogP contribution in [-0.4, -0.2) is 37.2 Å². The van der Waals surface area contributed by atoms with Gasteiger partial charge in [-0.15, -0.1) is 0 Å². The fourth-order valence-electron chi connectivity index (χ4n) is 1.25. The second kappa shape index (κ2) is 3.94. The molecule has 0 bridgehead atoms. The second-order valence-electron chi connectivity index (χ2n) is 4.49. The molecule has 6 heteroatoms. The number of hydrogen-bond acceptors (Lipinski definition) is 5. The van der Waals surface area contributed by atoms with Crippen molar-refractivity contribution in [1.82, 2.24) is 5.43 Å². The van der Waals surface area contributed by atoms with Crippen LogP contribution in [0.25, 0.3) is 0 Å². The summed E-state index contributed by atoms with van der Waals surface area (Å²) in [6.07, 6.45) is 1.14. The van der Waals surface area contributed by atoms with Crippen LogP contribution in [0.4, 0.5) is 0 Å². The zero-order chi connectivity index (χ0) is 11.7. The molecule has 0 aromatic rings. The Morgan fingerprint density at radius 3 is 2.07 bits per heavy atom. The van der Waals surface area contributed by atoms with Gasteiger partial charge in [-0.1, -0.05) is 0 Å². The Morgan fingerprint density at radius 2 is 1.73 bits per heavy atom. The molecule has 1 fully saturated rings. The Morgan fingerprint density at radius 1 is 1.27 bits per heavy atom. The van der Waals surface area contributed by atoms with E-state index in [9.17, 15) is 0 Å². The third-order valence-electron chi connectivity index (χ3n) is 2.88. The third kappa shape index (κ3) is 2.21. The third-order valence-corrected chi connectivity index (χ3v) is 2.88. The van der Waals surface area contributed by atoms with Crippen molar-refractivity contribution in [3.05, 3.63) is 0 Å². The summed E-state index contributed by atoms with van der Waals surface area (Å²) in [6, 6.07) is 0. The van der Waals surface area contributed by atoms with Crippen molar-refractivity contribution >= 4 is 18.9 Å². The van der Waals surface area contributed by atoms with Gasteiger partial charge < -0.3 is 20.1 Å². The summed E-state index contributed by atoms with van der Waals surface area (Å²) in [5.41, 5.74) is 2.28. The molecule has 0 aliphatic carbocycles. The maximum absolute atomic E-state index is 7.23. The minimum Gasteiger partial charge on any atom is -0.398 e. The summed E-state index contributed by atoms with van der Waals surface area (Å²) in [7, 11) is 1.11. The SMILES string of the molecule is CN/N=C(\C=N)B1OC(C)(C)C(C)(C)O1. The molecule has 1 aliphatic heterocycles. The molecule has 0 amide bonds. The first kappa shape index (κ1) is 12.2. The van der Waals surface area contributed by atoms with Crippen LogP contribution in [0.5, 0.6) is 0 Å². The average molecular weight is 211 g/mol. The number of hydrogen-bond donors (Lipinski definition) is 2. The topological polar surface area (TPSA) is 66.7 Å². The van der Waals surface area contributed by atoms with Gasteiger partial charge in [-0.3, -0.25) is 0 Å². The van der Waals surface area contributed by atoms with E-state index < -0.39 is 18.3 Å². The first-order chi connectivity index (χ1) is 6.84. The predicted molar refractivity (Wildman–Crippen MR) is 61.4 cm³/mol. The van der Waals surface area contributed by atoms with E-state index in [4.69, 9.17) is 14.7 Å². The summed E-state index contributed by atoms with van der Waals surface area (Å²) in [5, 5.41) is 11.2. The second-order valence-corrected chi connectivity index (χ2v) is 4.49. The minimum absolute atomic E-state index is 0.394. The lowest BCUT2D eigenvalue weighted by molar-refractivity contribution is 0.00578. The molecule has 0 aromatic heterocycles. The van der Waals surface area contributed by atoms with Gasteiger partial charge in [0.05, 0.1) is 11.2 Å². The Labute approximate surface area is 90.9 Å². The highest BCUT2D eigenvalue weighted by atomic mass is 16.7. The van der Waals surface area contributed by atoms with Crippen LogP contribution in [0.2, 0.25) is 0 Å². The van der Waals surface area contributed by atoms with Crippen molar-refractivity contribution in [2.24, 2.45) is 5.10 Å². The number of hydrazone groups is 1. The van der Waals surface area contributed by atoms with Gasteiger partial charge in [0.25, 0.3) is 0 Å². The van der Waals surface area contributed by atoms with Crippen molar-refractivity contribution < 1.29 is 9.31 Å². The quantitative estimate of drug-likeness (QED) is 0.413. The van der Waals surface area contributed by atoms with Crippen LogP contribution in [0.3, 0.4) is 0 Å². The Kier molecular flexibility index (Phi) is 3.20. The number of rotatable bonds is 3. The van der Waals surface area contributed by atoms with E-state index in [1.807, 2.05) is 27.7 Å². The molecule has 1 heterocycles. The van der Waals surface area contributed by atoms with Crippen LogP contribution in [0, 0.1) is 5.41 Å². The van der Waals surface area contributed by atoms with Crippen molar-refractivity contribution in [3.63, 3.8) is 0 Å².